The smallest absolute Gasteiger partial charge is 0.407 e. The summed E-state index contributed by atoms with van der Waals surface area (Å²) >= 11 is 0. The van der Waals surface area contributed by atoms with Gasteiger partial charge in [-0.05, 0) is 96.9 Å². The summed E-state index contributed by atoms with van der Waals surface area (Å²) < 4.78 is 11.2. The van der Waals surface area contributed by atoms with Crippen molar-refractivity contribution in [1.82, 2.24) is 40.0 Å². The lowest BCUT2D eigenvalue weighted by atomic mass is 10.0. The predicted molar refractivity (Wildman–Crippen MR) is 218 cm³/mol. The number of fused-ring (bicyclic) bond motifs is 4. The quantitative estimate of drug-likeness (QED) is 0.107. The molecule has 8 atom stereocenters. The molecule has 308 valence electrons. The average Bonchev–Trinajstić information content (AvgIpc) is 3.87. The summed E-state index contributed by atoms with van der Waals surface area (Å²) in [6, 6.07) is 17.9. The molecule has 9 rings (SSSR count). The van der Waals surface area contributed by atoms with E-state index < -0.39 is 24.3 Å². The molecular weight excluding hydrogens is 753 g/mol. The fourth-order valence-corrected chi connectivity index (χ4v) is 9.53. The number of piperidine rings is 2. The number of amides is 4. The van der Waals surface area contributed by atoms with Crippen LogP contribution >= 0.6 is 0 Å². The first-order valence-electron chi connectivity index (χ1n) is 20.5. The van der Waals surface area contributed by atoms with Crippen LogP contribution in [0.3, 0.4) is 0 Å². The molecule has 2 aliphatic carbocycles. The number of likely N-dealkylation sites (tertiary alicyclic amines) is 2. The normalized spacial score (nSPS) is 23.9. The highest BCUT2D eigenvalue weighted by molar-refractivity contribution is 5.88. The maximum absolute atomic E-state index is 13.9. The molecule has 0 unspecified atom stereocenters. The lowest BCUT2D eigenvalue weighted by Gasteiger charge is -2.35. The van der Waals surface area contributed by atoms with E-state index in [2.05, 4.69) is 15.3 Å². The van der Waals surface area contributed by atoms with E-state index >= 15 is 0 Å². The number of nitrogens with zero attached hydrogens (tertiary/aromatic N) is 5. The Labute approximate surface area is 341 Å². The van der Waals surface area contributed by atoms with Gasteiger partial charge in [-0.2, -0.15) is 0 Å². The van der Waals surface area contributed by atoms with Crippen LogP contribution in [0.4, 0.5) is 9.59 Å². The number of aromatic nitrogens is 4. The molecule has 4 fully saturated rings. The van der Waals surface area contributed by atoms with Crippen LogP contribution in [-0.4, -0.2) is 102 Å². The SMILES string of the molecule is COC(=O)N[C@H](C(=O)N1[C@@H]2C[C@H]2C[C@H]1c1nc2cc(-c3cccc(Oc4ccc5[nH]c([C@@H]6C[C@H]7C[C@H]7N6C(=O)[C@H](C(C)C)N(C)C(=O)O)nc5c4)c3)ccc2[nH]1)C(C)C. The van der Waals surface area contributed by atoms with Crippen LogP contribution in [0.5, 0.6) is 11.5 Å². The van der Waals surface area contributed by atoms with E-state index in [1.165, 1.54) is 14.2 Å². The fourth-order valence-electron chi connectivity index (χ4n) is 9.53. The van der Waals surface area contributed by atoms with Crippen molar-refractivity contribution in [1.29, 1.82) is 0 Å². The van der Waals surface area contributed by atoms with Gasteiger partial charge in [0.25, 0.3) is 0 Å². The molecule has 15 heteroatoms. The molecule has 2 saturated carbocycles. The molecule has 4 amide bonds. The lowest BCUT2D eigenvalue weighted by Crippen LogP contribution is -2.52. The highest BCUT2D eigenvalue weighted by Gasteiger charge is 2.57. The average molecular weight is 803 g/mol. The molecule has 2 saturated heterocycles. The summed E-state index contributed by atoms with van der Waals surface area (Å²) in [5.74, 6) is 2.92. The number of carboxylic acid groups (broad SMARTS) is 1. The van der Waals surface area contributed by atoms with Crippen LogP contribution in [0.15, 0.2) is 60.7 Å². The second-order valence-corrected chi connectivity index (χ2v) is 17.3. The minimum atomic E-state index is -1.12. The Bertz CT molecular complexity index is 2480. The molecule has 0 spiro atoms. The summed E-state index contributed by atoms with van der Waals surface area (Å²) in [5.41, 5.74) is 5.10. The number of hydrogen-bond donors (Lipinski definition) is 4. The van der Waals surface area contributed by atoms with E-state index in [1.807, 2.05) is 98.2 Å². The molecule has 59 heavy (non-hydrogen) atoms. The Kier molecular flexibility index (Phi) is 9.51. The number of benzene rings is 3. The van der Waals surface area contributed by atoms with Gasteiger partial charge in [-0.15, -0.1) is 0 Å². The van der Waals surface area contributed by atoms with Gasteiger partial charge in [-0.3, -0.25) is 14.5 Å². The van der Waals surface area contributed by atoms with E-state index in [0.29, 0.717) is 34.7 Å². The van der Waals surface area contributed by atoms with E-state index in [1.54, 1.807) is 0 Å². The highest BCUT2D eigenvalue weighted by Crippen LogP contribution is 2.55. The molecular formula is C44H50N8O7. The molecule has 4 aliphatic rings. The zero-order chi connectivity index (χ0) is 41.4. The van der Waals surface area contributed by atoms with Gasteiger partial charge in [0.05, 0.1) is 41.3 Å². The second-order valence-electron chi connectivity index (χ2n) is 17.3. The Balaban J connectivity index is 0.916. The third-order valence-electron chi connectivity index (χ3n) is 12.7. The van der Waals surface area contributed by atoms with Crippen LogP contribution in [0.2, 0.25) is 0 Å². The molecule has 15 nitrogen and oxygen atoms in total. The van der Waals surface area contributed by atoms with Crippen molar-refractivity contribution in [3.8, 4) is 22.6 Å². The Morgan fingerprint density at radius 1 is 0.763 bits per heavy atom. The van der Waals surface area contributed by atoms with Crippen molar-refractivity contribution in [3.63, 3.8) is 0 Å². The van der Waals surface area contributed by atoms with Crippen LogP contribution in [0.25, 0.3) is 33.2 Å². The molecule has 0 bridgehead atoms. The molecule has 2 aliphatic heterocycles. The van der Waals surface area contributed by atoms with Gasteiger partial charge in [0, 0.05) is 25.2 Å². The summed E-state index contributed by atoms with van der Waals surface area (Å²) in [6.45, 7) is 7.58. The molecule has 2 aromatic heterocycles. The van der Waals surface area contributed by atoms with Gasteiger partial charge in [0.1, 0.15) is 35.2 Å². The Morgan fingerprint density at radius 3 is 1.93 bits per heavy atom. The Morgan fingerprint density at radius 2 is 1.34 bits per heavy atom. The monoisotopic (exact) mass is 802 g/mol. The van der Waals surface area contributed by atoms with Crippen LogP contribution in [0.1, 0.15) is 77.1 Å². The Hall–Kier alpha value is -6.12. The van der Waals surface area contributed by atoms with Crippen molar-refractivity contribution in [3.05, 3.63) is 72.3 Å². The highest BCUT2D eigenvalue weighted by atomic mass is 16.5. The van der Waals surface area contributed by atoms with Crippen molar-refractivity contribution in [2.24, 2.45) is 23.7 Å². The standard InChI is InChI=1S/C44H50N8O7/c1-21(2)37(49-43(55)58-6)41(53)51-33-16-25(33)18-35(51)39-45-29-12-10-24(15-31(29)47-39)23-8-7-9-27(14-23)59-28-11-13-30-32(20-28)48-40(46-30)36-19-26-17-34(26)52(36)42(54)38(22(3)4)50(5)44(56)57/h7-15,20-22,25-26,33-38H,16-19H2,1-6H3,(H,45,47)(H,46,48)(H,49,55)(H,56,57)/t25-,26+,33+,34+,35-,36-,37-,38-/m0/s1. The number of alkyl carbamates (subject to hydrolysis) is 1. The molecule has 3 aromatic carbocycles. The number of carbonyl (C=O) groups excluding carboxylic acids is 3. The topological polar surface area (TPSA) is 186 Å². The summed E-state index contributed by atoms with van der Waals surface area (Å²) in [4.78, 5) is 73.5. The summed E-state index contributed by atoms with van der Waals surface area (Å²) in [7, 11) is 2.76. The maximum Gasteiger partial charge on any atom is 0.407 e. The van der Waals surface area contributed by atoms with Crippen LogP contribution in [0, 0.1) is 23.7 Å². The number of nitrogens with one attached hydrogen (secondary N) is 3. The third kappa shape index (κ3) is 6.99. The van der Waals surface area contributed by atoms with E-state index in [4.69, 9.17) is 19.4 Å². The van der Waals surface area contributed by atoms with Crippen molar-refractivity contribution in [2.75, 3.05) is 14.2 Å². The first-order valence-corrected chi connectivity index (χ1v) is 20.5. The van der Waals surface area contributed by atoms with E-state index in [-0.39, 0.29) is 47.8 Å². The number of aromatic amines is 2. The number of hydrogen-bond acceptors (Lipinski definition) is 8. The van der Waals surface area contributed by atoms with Crippen molar-refractivity contribution < 1.29 is 33.8 Å². The number of carbonyl (C=O) groups is 4. The first-order chi connectivity index (χ1) is 28.3. The predicted octanol–water partition coefficient (Wildman–Crippen LogP) is 7.24. The maximum atomic E-state index is 13.9. The number of rotatable bonds is 11. The minimum absolute atomic E-state index is 0.103. The fraction of sp³-hybridized carbons (Fsp3) is 0.455. The zero-order valence-electron chi connectivity index (χ0n) is 34.0. The third-order valence-corrected chi connectivity index (χ3v) is 12.7. The number of likely N-dealkylation sites (N-methyl/N-ethyl adjacent to an activating group) is 1. The van der Waals surface area contributed by atoms with Gasteiger partial charge < -0.3 is 39.7 Å². The molecule has 4 heterocycles. The van der Waals surface area contributed by atoms with Gasteiger partial charge in [-0.1, -0.05) is 45.9 Å². The van der Waals surface area contributed by atoms with E-state index in [0.717, 1.165) is 64.1 Å². The lowest BCUT2D eigenvalue weighted by molar-refractivity contribution is -0.140. The van der Waals surface area contributed by atoms with E-state index in [9.17, 15) is 24.3 Å². The number of imidazole rings is 2. The molecule has 4 N–H and O–H groups in total. The molecule has 5 aromatic rings. The van der Waals surface area contributed by atoms with Gasteiger partial charge in [-0.25, -0.2) is 19.6 Å². The molecule has 0 radical (unpaired) electrons. The summed E-state index contributed by atoms with van der Waals surface area (Å²) in [5, 5.41) is 12.4. The first kappa shape index (κ1) is 38.4. The largest absolute Gasteiger partial charge is 0.465 e. The van der Waals surface area contributed by atoms with Crippen molar-refractivity contribution in [2.45, 2.75) is 89.6 Å². The van der Waals surface area contributed by atoms with Gasteiger partial charge in [0.15, 0.2) is 0 Å². The van der Waals surface area contributed by atoms with Crippen LogP contribution < -0.4 is 10.1 Å². The van der Waals surface area contributed by atoms with Gasteiger partial charge >= 0.3 is 12.2 Å². The van der Waals surface area contributed by atoms with Gasteiger partial charge in [0.2, 0.25) is 11.8 Å². The van der Waals surface area contributed by atoms with Crippen molar-refractivity contribution >= 4 is 46.1 Å². The summed E-state index contributed by atoms with van der Waals surface area (Å²) in [6.07, 6.45) is 1.75. The number of methoxy groups -OCH3 is 1. The van der Waals surface area contributed by atoms with Crippen LogP contribution in [-0.2, 0) is 14.3 Å². The number of ether oxygens (including phenoxy) is 2. The zero-order valence-corrected chi connectivity index (χ0v) is 34.0. The minimum Gasteiger partial charge on any atom is -0.465 e. The number of H-pyrrole nitrogens is 2. The second kappa shape index (κ2) is 14.6.